The number of piperidine rings is 1. The van der Waals surface area contributed by atoms with Crippen LogP contribution in [0, 0.1) is 6.92 Å². The van der Waals surface area contributed by atoms with Gasteiger partial charge in [0.05, 0.1) is 5.69 Å². The maximum atomic E-state index is 13.2. The highest BCUT2D eigenvalue weighted by molar-refractivity contribution is 6.30. The highest BCUT2D eigenvalue weighted by Gasteiger charge is 2.26. The van der Waals surface area contributed by atoms with Crippen molar-refractivity contribution in [1.82, 2.24) is 9.88 Å². The van der Waals surface area contributed by atoms with Gasteiger partial charge in [-0.1, -0.05) is 29.8 Å². The molecule has 4 nitrogen and oxygen atoms in total. The van der Waals surface area contributed by atoms with Crippen molar-refractivity contribution in [1.29, 1.82) is 0 Å². The number of likely N-dealkylation sites (tertiary alicyclic amines) is 1. The van der Waals surface area contributed by atoms with Crippen LogP contribution in [0.4, 0.5) is 0 Å². The van der Waals surface area contributed by atoms with E-state index in [0.29, 0.717) is 17.1 Å². The number of halogens is 1. The molecule has 0 radical (unpaired) electrons. The quantitative estimate of drug-likeness (QED) is 0.374. The summed E-state index contributed by atoms with van der Waals surface area (Å²) in [5.41, 5.74) is 4.45. The molecule has 4 aromatic rings. The van der Waals surface area contributed by atoms with Gasteiger partial charge in [0.25, 0.3) is 5.91 Å². The van der Waals surface area contributed by atoms with E-state index in [9.17, 15) is 4.79 Å². The number of hydrogen-bond acceptors (Lipinski definition) is 3. The van der Waals surface area contributed by atoms with Gasteiger partial charge in [0.2, 0.25) is 0 Å². The van der Waals surface area contributed by atoms with Crippen molar-refractivity contribution in [2.75, 3.05) is 13.1 Å². The van der Waals surface area contributed by atoms with Crippen LogP contribution in [-0.4, -0.2) is 28.9 Å². The van der Waals surface area contributed by atoms with E-state index in [-0.39, 0.29) is 11.8 Å². The Balaban J connectivity index is 1.37. The Hall–Kier alpha value is -3.11. The summed E-state index contributed by atoms with van der Waals surface area (Å²) in [6.45, 7) is 3.36. The van der Waals surface area contributed by atoms with E-state index in [1.165, 1.54) is 0 Å². The molecule has 2 aromatic heterocycles. The maximum absolute atomic E-state index is 13.2. The molecule has 0 unspecified atom stereocenters. The lowest BCUT2D eigenvalue weighted by molar-refractivity contribution is 0.0706. The maximum Gasteiger partial charge on any atom is 0.253 e. The molecule has 31 heavy (non-hydrogen) atoms. The zero-order valence-corrected chi connectivity index (χ0v) is 18.1. The van der Waals surface area contributed by atoms with Gasteiger partial charge in [0.1, 0.15) is 11.3 Å². The van der Waals surface area contributed by atoms with Gasteiger partial charge < -0.3 is 9.32 Å². The second-order valence-corrected chi connectivity index (χ2v) is 8.59. The number of nitrogens with zero attached hydrogens (tertiary/aromatic N) is 2. The minimum atomic E-state index is 0.0662. The predicted octanol–water partition coefficient (Wildman–Crippen LogP) is 6.48. The summed E-state index contributed by atoms with van der Waals surface area (Å²) in [5, 5.41) is 1.66. The van der Waals surface area contributed by atoms with Crippen molar-refractivity contribution in [3.8, 4) is 11.3 Å². The Labute approximate surface area is 186 Å². The molecule has 0 saturated carbocycles. The smallest absolute Gasteiger partial charge is 0.253 e. The molecule has 0 aliphatic carbocycles. The van der Waals surface area contributed by atoms with Gasteiger partial charge in [0.15, 0.2) is 0 Å². The average molecular weight is 431 g/mol. The van der Waals surface area contributed by atoms with Crippen molar-refractivity contribution in [2.45, 2.75) is 25.7 Å². The Morgan fingerprint density at radius 3 is 2.84 bits per heavy atom. The number of rotatable bonds is 3. The number of carbonyl (C=O) groups excluding carboxylic acids is 1. The summed E-state index contributed by atoms with van der Waals surface area (Å²) >= 11 is 6.16. The molecule has 156 valence electrons. The zero-order valence-electron chi connectivity index (χ0n) is 17.3. The lowest BCUT2D eigenvalue weighted by Crippen LogP contribution is -2.39. The Bertz CT molecular complexity index is 1260. The Morgan fingerprint density at radius 2 is 1.97 bits per heavy atom. The highest BCUT2D eigenvalue weighted by atomic mass is 35.5. The number of carbonyl (C=O) groups is 1. The van der Waals surface area contributed by atoms with E-state index in [0.717, 1.165) is 53.1 Å². The minimum Gasteiger partial charge on any atom is -0.461 e. The molecule has 0 bridgehead atoms. The van der Waals surface area contributed by atoms with Crippen LogP contribution in [0.2, 0.25) is 5.02 Å². The first-order valence-electron chi connectivity index (χ1n) is 10.6. The number of aryl methyl sites for hydroxylation is 1. The Morgan fingerprint density at radius 1 is 1.10 bits per heavy atom. The molecule has 1 amide bonds. The van der Waals surface area contributed by atoms with Gasteiger partial charge >= 0.3 is 0 Å². The highest BCUT2D eigenvalue weighted by Crippen LogP contribution is 2.30. The molecule has 0 N–H and O–H groups in total. The molecule has 2 aromatic carbocycles. The van der Waals surface area contributed by atoms with Crippen LogP contribution in [-0.2, 0) is 0 Å². The molecular weight excluding hydrogens is 408 g/mol. The number of amides is 1. The predicted molar refractivity (Wildman–Crippen MR) is 124 cm³/mol. The molecule has 0 spiro atoms. The summed E-state index contributed by atoms with van der Waals surface area (Å²) in [6.07, 6.45) is 1.99. The van der Waals surface area contributed by atoms with Gasteiger partial charge in [0, 0.05) is 46.2 Å². The summed E-state index contributed by atoms with van der Waals surface area (Å²) in [4.78, 5) is 20.1. The molecule has 1 aliphatic rings. The van der Waals surface area contributed by atoms with Crippen LogP contribution in [0.15, 0.2) is 71.1 Å². The summed E-state index contributed by atoms with van der Waals surface area (Å²) in [5.74, 6) is 1.14. The molecule has 5 rings (SSSR count). The van der Waals surface area contributed by atoms with Crippen LogP contribution in [0.1, 0.15) is 40.6 Å². The minimum absolute atomic E-state index is 0.0662. The molecular formula is C26H23ClN2O2. The second kappa shape index (κ2) is 8.20. The summed E-state index contributed by atoms with van der Waals surface area (Å²) < 4.78 is 5.64. The van der Waals surface area contributed by atoms with Crippen LogP contribution >= 0.6 is 11.6 Å². The summed E-state index contributed by atoms with van der Waals surface area (Å²) in [6, 6.07) is 21.5. The van der Waals surface area contributed by atoms with Crippen LogP contribution < -0.4 is 0 Å². The number of aromatic nitrogens is 1. The molecule has 1 atom stereocenters. The number of pyridine rings is 1. The van der Waals surface area contributed by atoms with Crippen molar-refractivity contribution < 1.29 is 9.21 Å². The van der Waals surface area contributed by atoms with Gasteiger partial charge in [-0.15, -0.1) is 0 Å². The first kappa shape index (κ1) is 19.8. The van der Waals surface area contributed by atoms with E-state index in [4.69, 9.17) is 21.0 Å². The molecule has 1 fully saturated rings. The standard InChI is InChI=1S/C26H23ClN2O2/c1-17-13-21-14-19(10-11-25(21)31-17)26(30)29-12-4-6-20(16-29)24-9-3-8-23(28-24)18-5-2-7-22(27)15-18/h2-3,5,7-11,13-15,20H,4,6,12,16H2,1H3/t20-/m0/s1. The largest absolute Gasteiger partial charge is 0.461 e. The first-order chi connectivity index (χ1) is 15.1. The second-order valence-electron chi connectivity index (χ2n) is 8.16. The van der Waals surface area contributed by atoms with Crippen molar-refractivity contribution in [2.24, 2.45) is 0 Å². The number of benzene rings is 2. The van der Waals surface area contributed by atoms with Crippen LogP contribution in [0.5, 0.6) is 0 Å². The van der Waals surface area contributed by atoms with Gasteiger partial charge in [-0.25, -0.2) is 0 Å². The number of fused-ring (bicyclic) bond motifs is 1. The fourth-order valence-corrected chi connectivity index (χ4v) is 4.57. The fraction of sp³-hybridized carbons (Fsp3) is 0.231. The number of hydrogen-bond donors (Lipinski definition) is 0. The third-order valence-corrected chi connectivity index (χ3v) is 6.14. The van der Waals surface area contributed by atoms with Gasteiger partial charge in [-0.2, -0.15) is 0 Å². The third-order valence-electron chi connectivity index (χ3n) is 5.90. The monoisotopic (exact) mass is 430 g/mol. The fourth-order valence-electron chi connectivity index (χ4n) is 4.38. The van der Waals surface area contributed by atoms with E-state index in [2.05, 4.69) is 6.07 Å². The first-order valence-corrected chi connectivity index (χ1v) is 11.0. The normalized spacial score (nSPS) is 16.6. The average Bonchev–Trinajstić information content (AvgIpc) is 3.18. The van der Waals surface area contributed by atoms with Gasteiger partial charge in [-0.05, 0) is 68.3 Å². The third kappa shape index (κ3) is 4.08. The molecule has 1 aliphatic heterocycles. The lowest BCUT2D eigenvalue weighted by Gasteiger charge is -2.32. The SMILES string of the molecule is Cc1cc2cc(C(=O)N3CCC[C@H](c4cccc(-c5cccc(Cl)c5)n4)C3)ccc2o1. The molecule has 5 heteroatoms. The van der Waals surface area contributed by atoms with Crippen LogP contribution in [0.25, 0.3) is 22.2 Å². The molecule has 3 heterocycles. The lowest BCUT2D eigenvalue weighted by atomic mass is 9.93. The zero-order chi connectivity index (χ0) is 21.4. The Kier molecular flexibility index (Phi) is 5.24. The van der Waals surface area contributed by atoms with Crippen molar-refractivity contribution in [3.05, 3.63) is 88.8 Å². The summed E-state index contributed by atoms with van der Waals surface area (Å²) in [7, 11) is 0. The van der Waals surface area contributed by atoms with Gasteiger partial charge in [-0.3, -0.25) is 9.78 Å². The number of furan rings is 1. The topological polar surface area (TPSA) is 46.3 Å². The molecule has 1 saturated heterocycles. The van der Waals surface area contributed by atoms with E-state index in [1.54, 1.807) is 0 Å². The van der Waals surface area contributed by atoms with Crippen LogP contribution in [0.3, 0.4) is 0 Å². The van der Waals surface area contributed by atoms with Crippen molar-refractivity contribution in [3.63, 3.8) is 0 Å². The van der Waals surface area contributed by atoms with Crippen molar-refractivity contribution >= 4 is 28.5 Å². The van der Waals surface area contributed by atoms with E-state index < -0.39 is 0 Å². The van der Waals surface area contributed by atoms with E-state index in [1.807, 2.05) is 72.5 Å². The van der Waals surface area contributed by atoms with E-state index >= 15 is 0 Å².